The fraction of sp³-hybridized carbons (Fsp3) is 0.625. The van der Waals surface area contributed by atoms with Crippen molar-refractivity contribution in [3.8, 4) is 0 Å². The lowest BCUT2D eigenvalue weighted by Crippen LogP contribution is -2.25. The highest BCUT2D eigenvalue weighted by Gasteiger charge is 2.10. The second-order valence-corrected chi connectivity index (χ2v) is 4.89. The van der Waals surface area contributed by atoms with E-state index in [1.54, 1.807) is 11.3 Å². The molecule has 0 fully saturated rings. The topological polar surface area (TPSA) is 24.9 Å². The molecule has 1 rings (SSSR count). The Labute approximate surface area is 71.7 Å². The highest BCUT2D eigenvalue weighted by molar-refractivity contribution is 7.15. The van der Waals surface area contributed by atoms with Crippen LogP contribution in [0.25, 0.3) is 0 Å². The average Bonchev–Trinajstić information content (AvgIpc) is 2.10. The summed E-state index contributed by atoms with van der Waals surface area (Å²) in [5.74, 6) is 0. The van der Waals surface area contributed by atoms with Crippen LogP contribution in [0.4, 0.5) is 5.13 Å². The quantitative estimate of drug-likeness (QED) is 0.701. The van der Waals surface area contributed by atoms with Crippen LogP contribution < -0.4 is 5.32 Å². The monoisotopic (exact) mass is 170 g/mol. The summed E-state index contributed by atoms with van der Waals surface area (Å²) in [6.45, 7) is 8.45. The van der Waals surface area contributed by atoms with Gasteiger partial charge in [0.25, 0.3) is 0 Å². The van der Waals surface area contributed by atoms with Gasteiger partial charge in [-0.25, -0.2) is 4.98 Å². The molecule has 0 spiro atoms. The Hall–Kier alpha value is -0.570. The molecule has 0 unspecified atom stereocenters. The van der Waals surface area contributed by atoms with E-state index in [1.807, 2.05) is 6.20 Å². The summed E-state index contributed by atoms with van der Waals surface area (Å²) in [6.07, 6.45) is 1.89. The third kappa shape index (κ3) is 2.89. The highest BCUT2D eigenvalue weighted by atomic mass is 32.1. The molecular formula is C8H14N2S. The van der Waals surface area contributed by atoms with Crippen molar-refractivity contribution < 1.29 is 0 Å². The zero-order valence-electron chi connectivity index (χ0n) is 7.43. The molecule has 2 nitrogen and oxygen atoms in total. The fourth-order valence-electron chi connectivity index (χ4n) is 0.733. The molecule has 1 N–H and O–H groups in total. The molecule has 0 saturated heterocycles. The minimum absolute atomic E-state index is 0.115. The van der Waals surface area contributed by atoms with Crippen molar-refractivity contribution in [1.82, 2.24) is 4.98 Å². The summed E-state index contributed by atoms with van der Waals surface area (Å²) in [5.41, 5.74) is 0.115. The van der Waals surface area contributed by atoms with Crippen molar-refractivity contribution in [2.75, 3.05) is 5.32 Å². The molecule has 0 aliphatic rings. The molecule has 1 aromatic heterocycles. The number of hydrogen-bond acceptors (Lipinski definition) is 3. The van der Waals surface area contributed by atoms with Gasteiger partial charge in [0.2, 0.25) is 0 Å². The van der Waals surface area contributed by atoms with E-state index in [0.29, 0.717) is 0 Å². The molecule has 0 amide bonds. The maximum absolute atomic E-state index is 4.21. The van der Waals surface area contributed by atoms with Gasteiger partial charge in [-0.1, -0.05) is 0 Å². The second kappa shape index (κ2) is 2.81. The molecular weight excluding hydrogens is 156 g/mol. The lowest BCUT2D eigenvalue weighted by molar-refractivity contribution is 0.633. The second-order valence-electron chi connectivity index (χ2n) is 3.65. The molecule has 0 bridgehead atoms. The van der Waals surface area contributed by atoms with Gasteiger partial charge in [0.15, 0.2) is 5.13 Å². The number of thiazole rings is 1. The van der Waals surface area contributed by atoms with Gasteiger partial charge in [-0.3, -0.25) is 0 Å². The molecule has 1 aromatic rings. The van der Waals surface area contributed by atoms with Gasteiger partial charge in [-0.05, 0) is 27.7 Å². The van der Waals surface area contributed by atoms with Crippen LogP contribution in [0.15, 0.2) is 6.20 Å². The van der Waals surface area contributed by atoms with Crippen LogP contribution in [0.3, 0.4) is 0 Å². The van der Waals surface area contributed by atoms with Gasteiger partial charge in [0, 0.05) is 16.6 Å². The van der Waals surface area contributed by atoms with Gasteiger partial charge >= 0.3 is 0 Å². The first-order valence-corrected chi connectivity index (χ1v) is 4.50. The molecule has 0 radical (unpaired) electrons. The van der Waals surface area contributed by atoms with Gasteiger partial charge < -0.3 is 5.32 Å². The number of aromatic nitrogens is 1. The number of anilines is 1. The molecule has 0 aliphatic heterocycles. The molecule has 0 aliphatic carbocycles. The van der Waals surface area contributed by atoms with Gasteiger partial charge in [0.1, 0.15) is 0 Å². The van der Waals surface area contributed by atoms with Crippen LogP contribution in [0, 0.1) is 6.92 Å². The van der Waals surface area contributed by atoms with E-state index in [-0.39, 0.29) is 5.54 Å². The summed E-state index contributed by atoms with van der Waals surface area (Å²) < 4.78 is 0. The van der Waals surface area contributed by atoms with Crippen molar-refractivity contribution in [2.45, 2.75) is 33.2 Å². The maximum atomic E-state index is 4.21. The Kier molecular flexibility index (Phi) is 2.18. The van der Waals surface area contributed by atoms with Crippen molar-refractivity contribution in [2.24, 2.45) is 0 Å². The Morgan fingerprint density at radius 1 is 1.45 bits per heavy atom. The Balaban J connectivity index is 2.65. The van der Waals surface area contributed by atoms with Gasteiger partial charge in [0.05, 0.1) is 0 Å². The third-order valence-corrected chi connectivity index (χ3v) is 1.93. The Morgan fingerprint density at radius 2 is 2.09 bits per heavy atom. The largest absolute Gasteiger partial charge is 0.357 e. The van der Waals surface area contributed by atoms with Crippen LogP contribution in [-0.2, 0) is 0 Å². The van der Waals surface area contributed by atoms with Crippen LogP contribution in [-0.4, -0.2) is 10.5 Å². The first-order chi connectivity index (χ1) is 4.97. The number of aryl methyl sites for hydroxylation is 1. The SMILES string of the molecule is Cc1cnc(NC(C)(C)C)s1. The van der Waals surface area contributed by atoms with Crippen LogP contribution >= 0.6 is 11.3 Å². The smallest absolute Gasteiger partial charge is 0.183 e. The lowest BCUT2D eigenvalue weighted by Gasteiger charge is -2.19. The Morgan fingerprint density at radius 3 is 2.45 bits per heavy atom. The summed E-state index contributed by atoms with van der Waals surface area (Å²) in [6, 6.07) is 0. The molecule has 0 atom stereocenters. The van der Waals surface area contributed by atoms with Crippen molar-refractivity contribution in [1.29, 1.82) is 0 Å². The van der Waals surface area contributed by atoms with E-state index in [2.05, 4.69) is 38.0 Å². The standard InChI is InChI=1S/C8H14N2S/c1-6-5-9-7(11-6)10-8(2,3)4/h5H,1-4H3,(H,9,10). The average molecular weight is 170 g/mol. The number of nitrogens with one attached hydrogen (secondary N) is 1. The van der Waals surface area contributed by atoms with Crippen LogP contribution in [0.5, 0.6) is 0 Å². The highest BCUT2D eigenvalue weighted by Crippen LogP contribution is 2.20. The fourth-order valence-corrected chi connectivity index (χ4v) is 1.61. The number of hydrogen-bond donors (Lipinski definition) is 1. The van der Waals surface area contributed by atoms with E-state index in [1.165, 1.54) is 4.88 Å². The maximum Gasteiger partial charge on any atom is 0.183 e. The molecule has 3 heteroatoms. The number of rotatable bonds is 1. The van der Waals surface area contributed by atoms with E-state index >= 15 is 0 Å². The molecule has 0 aromatic carbocycles. The normalized spacial score (nSPS) is 11.6. The minimum Gasteiger partial charge on any atom is -0.357 e. The van der Waals surface area contributed by atoms with Gasteiger partial charge in [-0.2, -0.15) is 0 Å². The van der Waals surface area contributed by atoms with Crippen molar-refractivity contribution in [3.05, 3.63) is 11.1 Å². The zero-order chi connectivity index (χ0) is 8.48. The van der Waals surface area contributed by atoms with E-state index < -0.39 is 0 Å². The summed E-state index contributed by atoms with van der Waals surface area (Å²) in [7, 11) is 0. The minimum atomic E-state index is 0.115. The summed E-state index contributed by atoms with van der Waals surface area (Å²) in [4.78, 5) is 5.46. The predicted molar refractivity (Wildman–Crippen MR) is 50.2 cm³/mol. The Bertz CT molecular complexity index is 234. The molecule has 1 heterocycles. The molecule has 11 heavy (non-hydrogen) atoms. The van der Waals surface area contributed by atoms with E-state index in [9.17, 15) is 0 Å². The zero-order valence-corrected chi connectivity index (χ0v) is 8.25. The van der Waals surface area contributed by atoms with Crippen LogP contribution in [0.1, 0.15) is 25.6 Å². The molecule has 62 valence electrons. The van der Waals surface area contributed by atoms with Crippen LogP contribution in [0.2, 0.25) is 0 Å². The van der Waals surface area contributed by atoms with Crippen molar-refractivity contribution in [3.63, 3.8) is 0 Å². The van der Waals surface area contributed by atoms with Crippen molar-refractivity contribution >= 4 is 16.5 Å². The molecule has 0 saturated carbocycles. The summed E-state index contributed by atoms with van der Waals surface area (Å²) in [5, 5.41) is 4.32. The lowest BCUT2D eigenvalue weighted by atomic mass is 10.1. The first kappa shape index (κ1) is 8.53. The van der Waals surface area contributed by atoms with E-state index in [0.717, 1.165) is 5.13 Å². The predicted octanol–water partition coefficient (Wildman–Crippen LogP) is 2.66. The third-order valence-electron chi connectivity index (χ3n) is 1.10. The first-order valence-electron chi connectivity index (χ1n) is 3.68. The van der Waals surface area contributed by atoms with E-state index in [4.69, 9.17) is 0 Å². The number of nitrogens with zero attached hydrogens (tertiary/aromatic N) is 1. The van der Waals surface area contributed by atoms with Gasteiger partial charge in [-0.15, -0.1) is 11.3 Å². The summed E-state index contributed by atoms with van der Waals surface area (Å²) >= 11 is 1.69.